The van der Waals surface area contributed by atoms with Crippen molar-refractivity contribution in [3.63, 3.8) is 0 Å². The summed E-state index contributed by atoms with van der Waals surface area (Å²) < 4.78 is 0. The average Bonchev–Trinajstić information content (AvgIpc) is 3.02. The van der Waals surface area contributed by atoms with Crippen LogP contribution in [0.25, 0.3) is 0 Å². The molecule has 5 heteroatoms. The molecule has 0 unspecified atom stereocenters. The van der Waals surface area contributed by atoms with Gasteiger partial charge in [0, 0.05) is 18.0 Å². The van der Waals surface area contributed by atoms with Crippen molar-refractivity contribution in [2.24, 2.45) is 0 Å². The summed E-state index contributed by atoms with van der Waals surface area (Å²) in [6, 6.07) is 10.4. The molecule has 0 aliphatic heterocycles. The minimum atomic E-state index is -0.130. The van der Waals surface area contributed by atoms with Crippen LogP contribution in [0.1, 0.15) is 35.4 Å². The predicted molar refractivity (Wildman–Crippen MR) is 101 cm³/mol. The van der Waals surface area contributed by atoms with E-state index in [1.165, 1.54) is 16.0 Å². The van der Waals surface area contributed by atoms with Crippen LogP contribution in [0.3, 0.4) is 0 Å². The molecule has 1 aromatic carbocycles. The summed E-state index contributed by atoms with van der Waals surface area (Å²) in [5, 5.41) is 7.86. The molecule has 2 aromatic rings. The minimum absolute atomic E-state index is 0.130. The van der Waals surface area contributed by atoms with Crippen molar-refractivity contribution < 1.29 is 4.79 Å². The maximum Gasteiger partial charge on any atom is 0.315 e. The van der Waals surface area contributed by atoms with Crippen LogP contribution in [0.2, 0.25) is 0 Å². The smallest absolute Gasteiger partial charge is 0.315 e. The van der Waals surface area contributed by atoms with E-state index < -0.39 is 0 Å². The highest BCUT2D eigenvalue weighted by Crippen LogP contribution is 2.14. The first-order valence-electron chi connectivity index (χ1n) is 8.47. The van der Waals surface area contributed by atoms with Gasteiger partial charge in [-0.15, -0.1) is 11.3 Å². The molecule has 2 rings (SSSR count). The summed E-state index contributed by atoms with van der Waals surface area (Å²) in [6.45, 7) is 10.6. The van der Waals surface area contributed by atoms with Crippen molar-refractivity contribution in [3.8, 4) is 0 Å². The number of carbonyl (C=O) groups is 1. The lowest BCUT2D eigenvalue weighted by molar-refractivity contribution is 0.240. The number of nitrogens with zero attached hydrogens (tertiary/aromatic N) is 1. The number of hydrogen-bond donors (Lipinski definition) is 2. The van der Waals surface area contributed by atoms with Crippen molar-refractivity contribution in [2.75, 3.05) is 13.1 Å². The second-order valence-electron chi connectivity index (χ2n) is 5.84. The number of rotatable bonds is 8. The summed E-state index contributed by atoms with van der Waals surface area (Å²) in [7, 11) is 0. The van der Waals surface area contributed by atoms with Gasteiger partial charge in [0.05, 0.1) is 6.54 Å². The number of urea groups is 1. The lowest BCUT2D eigenvalue weighted by atomic mass is 10.1. The number of benzene rings is 1. The van der Waals surface area contributed by atoms with Crippen molar-refractivity contribution in [1.29, 1.82) is 0 Å². The topological polar surface area (TPSA) is 44.4 Å². The Hall–Kier alpha value is -1.85. The van der Waals surface area contributed by atoms with Gasteiger partial charge in [0.15, 0.2) is 0 Å². The molecule has 2 amide bonds. The highest BCUT2D eigenvalue weighted by molar-refractivity contribution is 7.10. The van der Waals surface area contributed by atoms with E-state index in [1.807, 2.05) is 5.38 Å². The molecule has 0 saturated heterocycles. The van der Waals surface area contributed by atoms with E-state index >= 15 is 0 Å². The Morgan fingerprint density at radius 1 is 1.00 bits per heavy atom. The highest BCUT2D eigenvalue weighted by atomic mass is 32.1. The van der Waals surface area contributed by atoms with Gasteiger partial charge in [-0.2, -0.15) is 0 Å². The molecule has 0 aliphatic rings. The molecule has 0 fully saturated rings. The number of nitrogens with one attached hydrogen (secondary N) is 2. The Labute approximate surface area is 148 Å². The fourth-order valence-electron chi connectivity index (χ4n) is 2.46. The molecule has 0 radical (unpaired) electrons. The monoisotopic (exact) mass is 345 g/mol. The van der Waals surface area contributed by atoms with Crippen molar-refractivity contribution in [3.05, 3.63) is 57.3 Å². The van der Waals surface area contributed by atoms with Gasteiger partial charge in [-0.3, -0.25) is 4.90 Å². The van der Waals surface area contributed by atoms with Crippen molar-refractivity contribution >= 4 is 17.4 Å². The van der Waals surface area contributed by atoms with E-state index in [9.17, 15) is 4.79 Å². The van der Waals surface area contributed by atoms with Gasteiger partial charge in [-0.25, -0.2) is 4.79 Å². The van der Waals surface area contributed by atoms with E-state index in [0.29, 0.717) is 13.1 Å². The molecule has 130 valence electrons. The third-order valence-corrected chi connectivity index (χ3v) is 5.18. The number of thiophene rings is 1. The molecule has 4 nitrogen and oxygen atoms in total. The van der Waals surface area contributed by atoms with Gasteiger partial charge < -0.3 is 10.6 Å². The first-order chi connectivity index (χ1) is 11.6. The summed E-state index contributed by atoms with van der Waals surface area (Å²) in [5.41, 5.74) is 3.64. The van der Waals surface area contributed by atoms with Crippen LogP contribution in [0.4, 0.5) is 4.79 Å². The lowest BCUT2D eigenvalue weighted by Gasteiger charge is -2.18. The van der Waals surface area contributed by atoms with Crippen LogP contribution in [-0.4, -0.2) is 24.0 Å². The van der Waals surface area contributed by atoms with E-state index in [0.717, 1.165) is 25.2 Å². The lowest BCUT2D eigenvalue weighted by Crippen LogP contribution is -2.34. The van der Waals surface area contributed by atoms with Gasteiger partial charge in [-0.1, -0.05) is 38.1 Å². The molecule has 0 bridgehead atoms. The zero-order valence-corrected chi connectivity index (χ0v) is 15.6. The number of carbonyl (C=O) groups excluding carboxylic acids is 1. The fourth-order valence-corrected chi connectivity index (χ4v) is 3.30. The van der Waals surface area contributed by atoms with Crippen molar-refractivity contribution in [1.82, 2.24) is 15.5 Å². The molecular formula is C19H27N3OS. The average molecular weight is 346 g/mol. The molecule has 1 heterocycles. The predicted octanol–water partition coefficient (Wildman–Crippen LogP) is 3.90. The first kappa shape index (κ1) is 18.5. The third kappa shape index (κ3) is 5.65. The molecular weight excluding hydrogens is 318 g/mol. The fraction of sp³-hybridized carbons (Fsp3) is 0.421. The molecule has 0 spiro atoms. The molecule has 0 atom stereocenters. The second-order valence-corrected chi connectivity index (χ2v) is 6.84. The Balaban J connectivity index is 1.75. The highest BCUT2D eigenvalue weighted by Gasteiger charge is 2.04. The largest absolute Gasteiger partial charge is 0.334 e. The van der Waals surface area contributed by atoms with Crippen LogP contribution >= 0.6 is 11.3 Å². The summed E-state index contributed by atoms with van der Waals surface area (Å²) in [6.07, 6.45) is 0. The van der Waals surface area contributed by atoms with E-state index in [1.54, 1.807) is 11.3 Å². The number of amides is 2. The quantitative estimate of drug-likeness (QED) is 0.762. The Kier molecular flexibility index (Phi) is 7.28. The van der Waals surface area contributed by atoms with Gasteiger partial charge in [0.2, 0.25) is 0 Å². The first-order valence-corrected chi connectivity index (χ1v) is 9.35. The number of aryl methyl sites for hydroxylation is 1. The van der Waals surface area contributed by atoms with Crippen LogP contribution in [-0.2, 0) is 19.6 Å². The third-order valence-electron chi connectivity index (χ3n) is 4.15. The summed E-state index contributed by atoms with van der Waals surface area (Å²) >= 11 is 1.67. The maximum atomic E-state index is 11.9. The number of hydrogen-bond acceptors (Lipinski definition) is 3. The Morgan fingerprint density at radius 3 is 2.21 bits per heavy atom. The summed E-state index contributed by atoms with van der Waals surface area (Å²) in [4.78, 5) is 15.5. The van der Waals surface area contributed by atoms with Gasteiger partial charge in [-0.05, 0) is 48.2 Å². The SMILES string of the molecule is CCN(CC)Cc1ccc(CNC(=O)NCc2sccc2C)cc1. The molecule has 2 N–H and O–H groups in total. The minimum Gasteiger partial charge on any atom is -0.334 e. The maximum absolute atomic E-state index is 11.9. The van der Waals surface area contributed by atoms with Gasteiger partial charge in [0.25, 0.3) is 0 Å². The van der Waals surface area contributed by atoms with Crippen LogP contribution in [0.5, 0.6) is 0 Å². The van der Waals surface area contributed by atoms with Crippen LogP contribution in [0.15, 0.2) is 35.7 Å². The zero-order valence-electron chi connectivity index (χ0n) is 14.8. The molecule has 0 aliphatic carbocycles. The second kappa shape index (κ2) is 9.45. The summed E-state index contributed by atoms with van der Waals surface area (Å²) in [5.74, 6) is 0. The molecule has 0 saturated carbocycles. The van der Waals surface area contributed by atoms with Crippen LogP contribution in [0, 0.1) is 6.92 Å². The Morgan fingerprint density at radius 2 is 1.62 bits per heavy atom. The van der Waals surface area contributed by atoms with Gasteiger partial charge >= 0.3 is 6.03 Å². The van der Waals surface area contributed by atoms with Gasteiger partial charge in [0.1, 0.15) is 0 Å². The van der Waals surface area contributed by atoms with E-state index in [-0.39, 0.29) is 6.03 Å². The zero-order chi connectivity index (χ0) is 17.4. The molecule has 24 heavy (non-hydrogen) atoms. The normalized spacial score (nSPS) is 10.8. The molecule has 1 aromatic heterocycles. The van der Waals surface area contributed by atoms with E-state index in [4.69, 9.17) is 0 Å². The van der Waals surface area contributed by atoms with E-state index in [2.05, 4.69) is 66.6 Å². The Bertz CT molecular complexity index is 632. The van der Waals surface area contributed by atoms with Crippen molar-refractivity contribution in [2.45, 2.75) is 40.4 Å². The van der Waals surface area contributed by atoms with Crippen LogP contribution < -0.4 is 10.6 Å². The standard InChI is InChI=1S/C19H27N3OS/c1-4-22(5-2)14-17-8-6-16(7-9-17)12-20-19(23)21-13-18-15(3)10-11-24-18/h6-11H,4-5,12-14H2,1-3H3,(H2,20,21,23).